The highest BCUT2D eigenvalue weighted by Crippen LogP contribution is 2.30. The van der Waals surface area contributed by atoms with Gasteiger partial charge in [-0.3, -0.25) is 4.79 Å². The van der Waals surface area contributed by atoms with E-state index in [1.54, 1.807) is 18.5 Å². The number of aromatic nitrogens is 4. The van der Waals surface area contributed by atoms with Gasteiger partial charge in [0.25, 0.3) is 0 Å². The van der Waals surface area contributed by atoms with Crippen molar-refractivity contribution >= 4 is 22.8 Å². The standard InChI is InChI=1S/C22H26FN5O2/c1-5-6-13-10-24-21(16-12-26-20-15(16)9-14(23)11-25-20)28-19(13)27-17(22(2,3)4)7-8-18(29)30/h5,9-12,17H,1,6-8H2,2-4H3,(H,25,26)(H,29,30)(H,24,27,28)/t17-/m1/s1. The van der Waals surface area contributed by atoms with Crippen LogP contribution in [0.25, 0.3) is 22.4 Å². The number of H-pyrrole nitrogens is 1. The summed E-state index contributed by atoms with van der Waals surface area (Å²) in [6, 6.07) is 1.27. The minimum atomic E-state index is -0.839. The molecule has 0 aliphatic carbocycles. The summed E-state index contributed by atoms with van der Waals surface area (Å²) in [7, 11) is 0. The first-order valence-electron chi connectivity index (χ1n) is 9.77. The normalized spacial score (nSPS) is 12.7. The summed E-state index contributed by atoms with van der Waals surface area (Å²) in [6.07, 6.45) is 7.40. The molecule has 3 rings (SSSR count). The van der Waals surface area contributed by atoms with Crippen molar-refractivity contribution < 1.29 is 14.3 Å². The SMILES string of the molecule is C=CCc1cnc(-c2c[nH]c3ncc(F)cc23)nc1N[C@H](CCC(=O)O)C(C)(C)C. The number of hydrogen-bond donors (Lipinski definition) is 3. The third-order valence-electron chi connectivity index (χ3n) is 4.97. The summed E-state index contributed by atoms with van der Waals surface area (Å²) >= 11 is 0. The first-order valence-corrected chi connectivity index (χ1v) is 9.77. The highest BCUT2D eigenvalue weighted by atomic mass is 19.1. The summed E-state index contributed by atoms with van der Waals surface area (Å²) in [5.41, 5.74) is 1.85. The minimum absolute atomic E-state index is 0.0526. The number of aliphatic carboxylic acids is 1. The number of carboxylic acids is 1. The smallest absolute Gasteiger partial charge is 0.303 e. The first kappa shape index (κ1) is 21.4. The molecule has 8 heteroatoms. The van der Waals surface area contributed by atoms with Crippen molar-refractivity contribution in [2.75, 3.05) is 5.32 Å². The van der Waals surface area contributed by atoms with E-state index in [1.807, 2.05) is 0 Å². The van der Waals surface area contributed by atoms with Crippen LogP contribution in [0.2, 0.25) is 0 Å². The summed E-state index contributed by atoms with van der Waals surface area (Å²) in [4.78, 5) is 27.3. The Kier molecular flexibility index (Phi) is 6.14. The van der Waals surface area contributed by atoms with Crippen molar-refractivity contribution in [2.24, 2.45) is 5.41 Å². The molecule has 0 bridgehead atoms. The van der Waals surface area contributed by atoms with Gasteiger partial charge in [0.05, 0.1) is 6.20 Å². The van der Waals surface area contributed by atoms with E-state index in [1.165, 1.54) is 6.07 Å². The van der Waals surface area contributed by atoms with Gasteiger partial charge < -0.3 is 15.4 Å². The zero-order chi connectivity index (χ0) is 21.9. The zero-order valence-corrected chi connectivity index (χ0v) is 17.4. The molecule has 158 valence electrons. The molecule has 0 aliphatic rings. The van der Waals surface area contributed by atoms with E-state index in [0.29, 0.717) is 41.1 Å². The predicted molar refractivity (Wildman–Crippen MR) is 115 cm³/mol. The largest absolute Gasteiger partial charge is 0.481 e. The Hall–Kier alpha value is -3.29. The molecular weight excluding hydrogens is 385 g/mol. The quantitative estimate of drug-likeness (QED) is 0.469. The molecule has 0 amide bonds. The van der Waals surface area contributed by atoms with Crippen LogP contribution in [0.1, 0.15) is 39.2 Å². The predicted octanol–water partition coefficient (Wildman–Crippen LogP) is 4.58. The van der Waals surface area contributed by atoms with Gasteiger partial charge in [-0.2, -0.15) is 0 Å². The van der Waals surface area contributed by atoms with E-state index in [4.69, 9.17) is 10.1 Å². The third-order valence-corrected chi connectivity index (χ3v) is 4.97. The highest BCUT2D eigenvalue weighted by molar-refractivity contribution is 5.91. The number of pyridine rings is 1. The van der Waals surface area contributed by atoms with Crippen molar-refractivity contribution in [3.8, 4) is 11.4 Å². The minimum Gasteiger partial charge on any atom is -0.481 e. The number of anilines is 1. The van der Waals surface area contributed by atoms with Crippen LogP contribution in [0.15, 0.2) is 37.3 Å². The zero-order valence-electron chi connectivity index (χ0n) is 17.4. The van der Waals surface area contributed by atoms with Crippen LogP contribution in [0.5, 0.6) is 0 Å². The van der Waals surface area contributed by atoms with Crippen molar-refractivity contribution in [1.82, 2.24) is 19.9 Å². The maximum absolute atomic E-state index is 13.7. The van der Waals surface area contributed by atoms with Crippen molar-refractivity contribution in [1.29, 1.82) is 0 Å². The monoisotopic (exact) mass is 411 g/mol. The van der Waals surface area contributed by atoms with Gasteiger partial charge in [0, 0.05) is 41.4 Å². The molecule has 3 aromatic heterocycles. The van der Waals surface area contributed by atoms with Gasteiger partial charge >= 0.3 is 5.97 Å². The molecule has 0 saturated carbocycles. The van der Waals surface area contributed by atoms with E-state index < -0.39 is 11.8 Å². The van der Waals surface area contributed by atoms with Crippen LogP contribution >= 0.6 is 0 Å². The second-order valence-electron chi connectivity index (χ2n) is 8.31. The number of carbonyl (C=O) groups is 1. The lowest BCUT2D eigenvalue weighted by molar-refractivity contribution is -0.137. The van der Waals surface area contributed by atoms with Gasteiger partial charge in [0.15, 0.2) is 5.82 Å². The molecule has 0 spiro atoms. The van der Waals surface area contributed by atoms with Crippen molar-refractivity contribution in [3.05, 3.63) is 48.7 Å². The van der Waals surface area contributed by atoms with Crippen LogP contribution in [0, 0.1) is 11.2 Å². The molecule has 7 nitrogen and oxygen atoms in total. The average Bonchev–Trinajstić information content (AvgIpc) is 3.08. The Bertz CT molecular complexity index is 1070. The molecule has 0 unspecified atom stereocenters. The van der Waals surface area contributed by atoms with Crippen molar-refractivity contribution in [2.45, 2.75) is 46.1 Å². The van der Waals surface area contributed by atoms with Gasteiger partial charge in [-0.05, 0) is 24.3 Å². The lowest BCUT2D eigenvalue weighted by atomic mass is 9.84. The molecule has 3 N–H and O–H groups in total. The van der Waals surface area contributed by atoms with Gasteiger partial charge in [0.1, 0.15) is 17.3 Å². The van der Waals surface area contributed by atoms with E-state index in [-0.39, 0.29) is 17.9 Å². The number of aromatic amines is 1. The fourth-order valence-corrected chi connectivity index (χ4v) is 3.28. The van der Waals surface area contributed by atoms with E-state index in [0.717, 1.165) is 11.8 Å². The Morgan fingerprint density at radius 2 is 2.13 bits per heavy atom. The molecule has 3 aromatic rings. The molecule has 1 atom stereocenters. The Labute approximate surface area is 174 Å². The summed E-state index contributed by atoms with van der Waals surface area (Å²) < 4.78 is 13.7. The fraction of sp³-hybridized carbons (Fsp3) is 0.364. The highest BCUT2D eigenvalue weighted by Gasteiger charge is 2.26. The van der Waals surface area contributed by atoms with Crippen LogP contribution in [-0.2, 0) is 11.2 Å². The Morgan fingerprint density at radius 3 is 2.80 bits per heavy atom. The average molecular weight is 411 g/mol. The Balaban J connectivity index is 2.02. The molecule has 30 heavy (non-hydrogen) atoms. The van der Waals surface area contributed by atoms with E-state index >= 15 is 0 Å². The summed E-state index contributed by atoms with van der Waals surface area (Å²) in [5, 5.41) is 13.1. The molecule has 0 fully saturated rings. The lowest BCUT2D eigenvalue weighted by Gasteiger charge is -2.32. The fourth-order valence-electron chi connectivity index (χ4n) is 3.28. The maximum atomic E-state index is 13.7. The van der Waals surface area contributed by atoms with Crippen LogP contribution in [-0.4, -0.2) is 37.1 Å². The van der Waals surface area contributed by atoms with Crippen LogP contribution < -0.4 is 5.32 Å². The third kappa shape index (κ3) is 4.82. The number of allylic oxidation sites excluding steroid dienone is 1. The van der Waals surface area contributed by atoms with Gasteiger partial charge in [-0.1, -0.05) is 26.8 Å². The van der Waals surface area contributed by atoms with Crippen LogP contribution in [0.4, 0.5) is 10.2 Å². The number of nitrogens with one attached hydrogen (secondary N) is 2. The maximum Gasteiger partial charge on any atom is 0.303 e. The van der Waals surface area contributed by atoms with Crippen LogP contribution in [0.3, 0.4) is 0 Å². The van der Waals surface area contributed by atoms with Gasteiger partial charge in [0.2, 0.25) is 0 Å². The molecule has 0 aliphatic heterocycles. The molecular formula is C22H26FN5O2. The first-order chi connectivity index (χ1) is 14.2. The summed E-state index contributed by atoms with van der Waals surface area (Å²) in [5.74, 6) is -0.237. The molecule has 0 saturated heterocycles. The van der Waals surface area contributed by atoms with E-state index in [9.17, 15) is 9.18 Å². The molecule has 0 aromatic carbocycles. The summed E-state index contributed by atoms with van der Waals surface area (Å²) in [6.45, 7) is 9.95. The molecule has 0 radical (unpaired) electrons. The number of nitrogens with zero attached hydrogens (tertiary/aromatic N) is 3. The van der Waals surface area contributed by atoms with Gasteiger partial charge in [-0.15, -0.1) is 6.58 Å². The topological polar surface area (TPSA) is 104 Å². The number of halogens is 1. The molecule has 3 heterocycles. The number of rotatable bonds is 8. The Morgan fingerprint density at radius 1 is 1.37 bits per heavy atom. The second-order valence-corrected chi connectivity index (χ2v) is 8.31. The van der Waals surface area contributed by atoms with Crippen molar-refractivity contribution in [3.63, 3.8) is 0 Å². The second kappa shape index (κ2) is 8.61. The number of carboxylic acid groups (broad SMARTS) is 1. The van der Waals surface area contributed by atoms with E-state index in [2.05, 4.69) is 47.6 Å². The number of hydrogen-bond acceptors (Lipinski definition) is 5. The van der Waals surface area contributed by atoms with Gasteiger partial charge in [-0.25, -0.2) is 19.3 Å². The number of fused-ring (bicyclic) bond motifs is 1. The lowest BCUT2D eigenvalue weighted by Crippen LogP contribution is -2.35.